The molecule has 5 nitrogen and oxygen atoms in total. The van der Waals surface area contributed by atoms with E-state index in [1.165, 1.54) is 32.1 Å². The molecule has 0 saturated carbocycles. The molecule has 0 atom stereocenters. The van der Waals surface area contributed by atoms with Crippen LogP contribution in [0.2, 0.25) is 0 Å². The molecule has 0 saturated heterocycles. The van der Waals surface area contributed by atoms with Crippen LogP contribution in [0, 0.1) is 13.8 Å². The number of unbranched alkanes of at least 4 members (excludes halogenated alkanes) is 5. The lowest BCUT2D eigenvalue weighted by molar-refractivity contribution is 0.304. The molecule has 0 radical (unpaired) electrons. The molecule has 0 aliphatic rings. The Morgan fingerprint density at radius 1 is 0.962 bits per heavy atom. The number of hydrogen-bond acceptors (Lipinski definition) is 5. The number of hydrazone groups is 1. The van der Waals surface area contributed by atoms with Gasteiger partial charge >= 0.3 is 0 Å². The minimum absolute atomic E-state index is 0.512. The average molecular weight is 354 g/mol. The summed E-state index contributed by atoms with van der Waals surface area (Å²) in [5, 5.41) is 4.19. The number of aromatic nitrogens is 2. The van der Waals surface area contributed by atoms with Crippen molar-refractivity contribution in [1.82, 2.24) is 9.97 Å². The molecule has 0 amide bonds. The highest BCUT2D eigenvalue weighted by Gasteiger charge is 1.98. The predicted octanol–water partition coefficient (Wildman–Crippen LogP) is 5.28. The monoisotopic (exact) mass is 354 g/mol. The lowest BCUT2D eigenvalue weighted by Gasteiger charge is -2.06. The van der Waals surface area contributed by atoms with E-state index in [-0.39, 0.29) is 0 Å². The first-order valence-corrected chi connectivity index (χ1v) is 9.51. The molecule has 0 spiro atoms. The summed E-state index contributed by atoms with van der Waals surface area (Å²) in [6.07, 6.45) is 9.39. The Morgan fingerprint density at radius 3 is 2.31 bits per heavy atom. The smallest absolute Gasteiger partial charge is 0.243 e. The first-order valence-electron chi connectivity index (χ1n) is 9.51. The van der Waals surface area contributed by atoms with E-state index in [1.54, 1.807) is 6.21 Å². The van der Waals surface area contributed by atoms with Crippen molar-refractivity contribution in [2.24, 2.45) is 5.10 Å². The summed E-state index contributed by atoms with van der Waals surface area (Å²) in [5.41, 5.74) is 5.70. The summed E-state index contributed by atoms with van der Waals surface area (Å²) in [6, 6.07) is 9.87. The van der Waals surface area contributed by atoms with Crippen LogP contribution in [0.4, 0.5) is 5.95 Å². The van der Waals surface area contributed by atoms with Crippen molar-refractivity contribution in [3.8, 4) is 5.75 Å². The molecule has 1 aromatic carbocycles. The van der Waals surface area contributed by atoms with Crippen molar-refractivity contribution >= 4 is 12.2 Å². The summed E-state index contributed by atoms with van der Waals surface area (Å²) >= 11 is 0. The quantitative estimate of drug-likeness (QED) is 0.339. The van der Waals surface area contributed by atoms with Crippen molar-refractivity contribution in [3.63, 3.8) is 0 Å². The highest BCUT2D eigenvalue weighted by molar-refractivity contribution is 5.80. The molecule has 0 unspecified atom stereocenters. The molecular weight excluding hydrogens is 324 g/mol. The molecule has 1 heterocycles. The van der Waals surface area contributed by atoms with Crippen molar-refractivity contribution in [1.29, 1.82) is 0 Å². The second-order valence-corrected chi connectivity index (χ2v) is 6.53. The summed E-state index contributed by atoms with van der Waals surface area (Å²) in [7, 11) is 0. The van der Waals surface area contributed by atoms with Gasteiger partial charge in [-0.3, -0.25) is 0 Å². The summed E-state index contributed by atoms with van der Waals surface area (Å²) in [4.78, 5) is 8.58. The Kier molecular flexibility index (Phi) is 8.60. The molecule has 140 valence electrons. The van der Waals surface area contributed by atoms with Gasteiger partial charge < -0.3 is 4.74 Å². The van der Waals surface area contributed by atoms with Gasteiger partial charge in [0.05, 0.1) is 12.8 Å². The molecule has 5 heteroatoms. The van der Waals surface area contributed by atoms with Crippen LogP contribution < -0.4 is 10.2 Å². The number of hydrogen-bond donors (Lipinski definition) is 1. The third-order valence-electron chi connectivity index (χ3n) is 4.01. The largest absolute Gasteiger partial charge is 0.494 e. The number of aryl methyl sites for hydroxylation is 2. The van der Waals surface area contributed by atoms with Gasteiger partial charge in [-0.05, 0) is 56.2 Å². The lowest BCUT2D eigenvalue weighted by Crippen LogP contribution is -2.00. The molecule has 1 aromatic heterocycles. The van der Waals surface area contributed by atoms with Gasteiger partial charge in [0.25, 0.3) is 0 Å². The van der Waals surface area contributed by atoms with E-state index in [9.17, 15) is 0 Å². The van der Waals surface area contributed by atoms with E-state index in [1.807, 2.05) is 44.2 Å². The van der Waals surface area contributed by atoms with E-state index in [0.29, 0.717) is 5.95 Å². The molecule has 0 fully saturated rings. The molecule has 0 aliphatic heterocycles. The second-order valence-electron chi connectivity index (χ2n) is 6.53. The maximum absolute atomic E-state index is 5.79. The van der Waals surface area contributed by atoms with E-state index < -0.39 is 0 Å². The fourth-order valence-corrected chi connectivity index (χ4v) is 2.66. The zero-order valence-electron chi connectivity index (χ0n) is 16.2. The Balaban J connectivity index is 1.71. The maximum Gasteiger partial charge on any atom is 0.243 e. The standard InChI is InChI=1S/C21H30N4O/c1-4-5-6-7-8-9-14-26-20-12-10-19(11-13-20)16-22-25-21-23-17(2)15-18(3)24-21/h10-13,15-16H,4-9,14H2,1-3H3,(H,23,24,25). The van der Waals surface area contributed by atoms with Gasteiger partial charge in [-0.1, -0.05) is 39.0 Å². The maximum atomic E-state index is 5.79. The van der Waals surface area contributed by atoms with Crippen molar-refractivity contribution in [2.75, 3.05) is 12.0 Å². The zero-order valence-corrected chi connectivity index (χ0v) is 16.2. The third-order valence-corrected chi connectivity index (χ3v) is 4.01. The van der Waals surface area contributed by atoms with Gasteiger partial charge in [-0.25, -0.2) is 15.4 Å². The van der Waals surface area contributed by atoms with Crippen LogP contribution >= 0.6 is 0 Å². The Morgan fingerprint density at radius 2 is 1.62 bits per heavy atom. The topological polar surface area (TPSA) is 59.4 Å². The molecule has 2 rings (SSSR count). The number of ether oxygens (including phenoxy) is 1. The van der Waals surface area contributed by atoms with E-state index in [2.05, 4.69) is 27.4 Å². The van der Waals surface area contributed by atoms with Crippen LogP contribution in [0.3, 0.4) is 0 Å². The van der Waals surface area contributed by atoms with Crippen LogP contribution in [0.1, 0.15) is 62.4 Å². The van der Waals surface area contributed by atoms with Crippen molar-refractivity contribution < 1.29 is 4.74 Å². The second kappa shape index (κ2) is 11.2. The predicted molar refractivity (Wildman–Crippen MR) is 108 cm³/mol. The SMILES string of the molecule is CCCCCCCCOc1ccc(C=NNc2nc(C)cc(C)n2)cc1. The van der Waals surface area contributed by atoms with Crippen LogP contribution in [0.25, 0.3) is 0 Å². The number of anilines is 1. The highest BCUT2D eigenvalue weighted by Crippen LogP contribution is 2.13. The van der Waals surface area contributed by atoms with E-state index >= 15 is 0 Å². The molecule has 26 heavy (non-hydrogen) atoms. The van der Waals surface area contributed by atoms with Gasteiger partial charge in [0, 0.05) is 11.4 Å². The van der Waals surface area contributed by atoms with Crippen LogP contribution in [-0.2, 0) is 0 Å². The molecule has 1 N–H and O–H groups in total. The first-order chi connectivity index (χ1) is 12.7. The fourth-order valence-electron chi connectivity index (χ4n) is 2.66. The summed E-state index contributed by atoms with van der Waals surface area (Å²) in [6.45, 7) is 6.90. The fraction of sp³-hybridized carbons (Fsp3) is 0.476. The summed E-state index contributed by atoms with van der Waals surface area (Å²) < 4.78 is 5.79. The normalized spacial score (nSPS) is 11.0. The number of nitrogens with one attached hydrogen (secondary N) is 1. The number of rotatable bonds is 11. The zero-order chi connectivity index (χ0) is 18.6. The first kappa shape index (κ1) is 19.9. The molecule has 0 bridgehead atoms. The van der Waals surface area contributed by atoms with Gasteiger partial charge in [-0.15, -0.1) is 0 Å². The molecular formula is C21H30N4O. The Hall–Kier alpha value is -2.43. The van der Waals surface area contributed by atoms with E-state index in [4.69, 9.17) is 4.74 Å². The van der Waals surface area contributed by atoms with Gasteiger partial charge in [-0.2, -0.15) is 5.10 Å². The van der Waals surface area contributed by atoms with E-state index in [0.717, 1.165) is 35.7 Å². The lowest BCUT2D eigenvalue weighted by atomic mass is 10.1. The van der Waals surface area contributed by atoms with Gasteiger partial charge in [0.15, 0.2) is 0 Å². The average Bonchev–Trinajstić information content (AvgIpc) is 2.61. The molecule has 2 aromatic rings. The van der Waals surface area contributed by atoms with Crippen molar-refractivity contribution in [2.45, 2.75) is 59.3 Å². The molecule has 0 aliphatic carbocycles. The Bertz CT molecular complexity index is 663. The number of benzene rings is 1. The minimum atomic E-state index is 0.512. The van der Waals surface area contributed by atoms with Crippen LogP contribution in [-0.4, -0.2) is 22.8 Å². The Labute approximate surface area is 156 Å². The van der Waals surface area contributed by atoms with Crippen molar-refractivity contribution in [3.05, 3.63) is 47.3 Å². The van der Waals surface area contributed by atoms with Gasteiger partial charge in [0.2, 0.25) is 5.95 Å². The number of nitrogens with zero attached hydrogens (tertiary/aromatic N) is 3. The highest BCUT2D eigenvalue weighted by atomic mass is 16.5. The van der Waals surface area contributed by atoms with Crippen LogP contribution in [0.5, 0.6) is 5.75 Å². The summed E-state index contributed by atoms with van der Waals surface area (Å²) in [5.74, 6) is 1.42. The van der Waals surface area contributed by atoms with Gasteiger partial charge in [0.1, 0.15) is 5.75 Å². The van der Waals surface area contributed by atoms with Crippen LogP contribution in [0.15, 0.2) is 35.4 Å². The minimum Gasteiger partial charge on any atom is -0.494 e. The third kappa shape index (κ3) is 7.64.